The Hall–Kier alpha value is -2.65. The third-order valence-electron chi connectivity index (χ3n) is 4.63. The first-order chi connectivity index (χ1) is 14.1. The summed E-state index contributed by atoms with van der Waals surface area (Å²) in [6, 6.07) is 3.52. The number of aromatic hydroxyl groups is 1. The van der Waals surface area contributed by atoms with Crippen LogP contribution in [0.2, 0.25) is 0 Å². The number of hydrogen-bond acceptors (Lipinski definition) is 6. The van der Waals surface area contributed by atoms with Crippen LogP contribution in [0.3, 0.4) is 0 Å². The van der Waals surface area contributed by atoms with Crippen molar-refractivity contribution in [3.05, 3.63) is 29.8 Å². The fourth-order valence-corrected chi connectivity index (χ4v) is 2.98. The number of unbranched alkanes of at least 4 members (excludes halogenated alkanes) is 1. The number of phenolic OH excluding ortho intramolecular Hbond substituents is 1. The number of carbonyl (C=O) groups excluding carboxylic acids is 2. The van der Waals surface area contributed by atoms with E-state index >= 15 is 0 Å². The second kappa shape index (κ2) is 12.8. The maximum Gasteiger partial charge on any atom is 0.326 e. The van der Waals surface area contributed by atoms with E-state index in [1.54, 1.807) is 12.1 Å². The highest BCUT2D eigenvalue weighted by molar-refractivity contribution is 5.91. The minimum atomic E-state index is -1.13. The topological polar surface area (TPSA) is 168 Å². The summed E-state index contributed by atoms with van der Waals surface area (Å²) in [5, 5.41) is 23.9. The zero-order valence-corrected chi connectivity index (χ0v) is 17.6. The number of rotatable bonds is 13. The largest absolute Gasteiger partial charge is 0.508 e. The van der Waals surface area contributed by atoms with E-state index in [-0.39, 0.29) is 24.5 Å². The summed E-state index contributed by atoms with van der Waals surface area (Å²) in [4.78, 5) is 36.7. The van der Waals surface area contributed by atoms with Crippen molar-refractivity contribution in [2.75, 3.05) is 6.54 Å². The molecule has 2 amide bonds. The molecule has 0 bridgehead atoms. The van der Waals surface area contributed by atoms with Gasteiger partial charge in [0.1, 0.15) is 17.8 Å². The van der Waals surface area contributed by atoms with Gasteiger partial charge < -0.3 is 32.3 Å². The number of hydrogen-bond donors (Lipinski definition) is 6. The Labute approximate surface area is 177 Å². The maximum atomic E-state index is 12.7. The number of benzene rings is 1. The number of amides is 2. The molecule has 0 aromatic heterocycles. The highest BCUT2D eigenvalue weighted by Crippen LogP contribution is 2.12. The van der Waals surface area contributed by atoms with Crippen LogP contribution in [-0.2, 0) is 20.8 Å². The minimum Gasteiger partial charge on any atom is -0.508 e. The van der Waals surface area contributed by atoms with Gasteiger partial charge in [-0.2, -0.15) is 0 Å². The zero-order valence-electron chi connectivity index (χ0n) is 17.6. The Morgan fingerprint density at radius 2 is 1.60 bits per heavy atom. The van der Waals surface area contributed by atoms with Crippen LogP contribution in [0, 0.1) is 5.92 Å². The molecule has 0 radical (unpaired) electrons. The van der Waals surface area contributed by atoms with E-state index in [2.05, 4.69) is 10.6 Å². The maximum absolute atomic E-state index is 12.7. The lowest BCUT2D eigenvalue weighted by atomic mass is 10.0. The lowest BCUT2D eigenvalue weighted by molar-refractivity contribution is -0.142. The summed E-state index contributed by atoms with van der Waals surface area (Å²) in [7, 11) is 0. The predicted molar refractivity (Wildman–Crippen MR) is 114 cm³/mol. The van der Waals surface area contributed by atoms with Gasteiger partial charge in [0.05, 0.1) is 6.04 Å². The number of nitrogens with one attached hydrogen (secondary N) is 2. The summed E-state index contributed by atoms with van der Waals surface area (Å²) in [5.74, 6) is -1.97. The molecule has 168 valence electrons. The first-order valence-electron chi connectivity index (χ1n) is 10.2. The van der Waals surface area contributed by atoms with Crippen LogP contribution in [0.15, 0.2) is 24.3 Å². The smallest absolute Gasteiger partial charge is 0.326 e. The van der Waals surface area contributed by atoms with E-state index in [1.807, 2.05) is 13.8 Å². The standard InChI is InChI=1S/C21H34N4O5/c1-13(2)11-18(20(28)24-17(21(29)30)5-3-4-10-22)25-19(27)16(23)12-14-6-8-15(26)9-7-14/h6-9,13,16-18,26H,3-5,10-12,22-23H2,1-2H3,(H,24,28)(H,25,27)(H,29,30)/t16-,17-,18-/m0/s1. The van der Waals surface area contributed by atoms with Gasteiger partial charge in [-0.1, -0.05) is 26.0 Å². The Morgan fingerprint density at radius 1 is 1.00 bits per heavy atom. The minimum absolute atomic E-state index is 0.0925. The Kier molecular flexibility index (Phi) is 10.8. The average Bonchev–Trinajstić information content (AvgIpc) is 2.67. The van der Waals surface area contributed by atoms with Crippen molar-refractivity contribution in [3.8, 4) is 5.75 Å². The van der Waals surface area contributed by atoms with E-state index in [0.717, 1.165) is 5.56 Å². The molecule has 9 nitrogen and oxygen atoms in total. The molecule has 9 heteroatoms. The van der Waals surface area contributed by atoms with Crippen molar-refractivity contribution in [2.45, 2.75) is 64.1 Å². The molecule has 1 aromatic carbocycles. The molecule has 0 saturated carbocycles. The van der Waals surface area contributed by atoms with Crippen LogP contribution in [0.4, 0.5) is 0 Å². The summed E-state index contributed by atoms with van der Waals surface area (Å²) in [6.45, 7) is 4.25. The molecule has 1 aromatic rings. The fraction of sp³-hybridized carbons (Fsp3) is 0.571. The number of carboxylic acid groups (broad SMARTS) is 1. The highest BCUT2D eigenvalue weighted by Gasteiger charge is 2.28. The van der Waals surface area contributed by atoms with Gasteiger partial charge in [-0.25, -0.2) is 4.79 Å². The van der Waals surface area contributed by atoms with Crippen LogP contribution >= 0.6 is 0 Å². The van der Waals surface area contributed by atoms with Crippen molar-refractivity contribution in [3.63, 3.8) is 0 Å². The molecule has 0 saturated heterocycles. The number of carbonyl (C=O) groups is 3. The summed E-state index contributed by atoms with van der Waals surface area (Å²) in [5.41, 5.74) is 12.2. The number of phenols is 1. The van der Waals surface area contributed by atoms with Crippen molar-refractivity contribution in [2.24, 2.45) is 17.4 Å². The van der Waals surface area contributed by atoms with Crippen LogP contribution in [0.1, 0.15) is 45.1 Å². The van der Waals surface area contributed by atoms with E-state index in [0.29, 0.717) is 25.8 Å². The quantitative estimate of drug-likeness (QED) is 0.251. The van der Waals surface area contributed by atoms with Gasteiger partial charge in [0, 0.05) is 0 Å². The van der Waals surface area contributed by atoms with Gasteiger partial charge >= 0.3 is 5.97 Å². The van der Waals surface area contributed by atoms with Crippen LogP contribution < -0.4 is 22.1 Å². The van der Waals surface area contributed by atoms with E-state index in [1.165, 1.54) is 12.1 Å². The van der Waals surface area contributed by atoms with Crippen molar-refractivity contribution in [1.29, 1.82) is 0 Å². The molecule has 0 heterocycles. The fourth-order valence-electron chi connectivity index (χ4n) is 2.98. The van der Waals surface area contributed by atoms with Gasteiger partial charge in [0.2, 0.25) is 11.8 Å². The molecule has 0 aliphatic carbocycles. The predicted octanol–water partition coefficient (Wildman–Crippen LogP) is 0.491. The number of carboxylic acids is 1. The van der Waals surface area contributed by atoms with Crippen LogP contribution in [0.25, 0.3) is 0 Å². The normalized spacial score (nSPS) is 14.0. The van der Waals surface area contributed by atoms with E-state index in [9.17, 15) is 24.6 Å². The Bertz CT molecular complexity index is 693. The average molecular weight is 423 g/mol. The van der Waals surface area contributed by atoms with Crippen molar-refractivity contribution < 1.29 is 24.6 Å². The monoisotopic (exact) mass is 422 g/mol. The Balaban J connectivity index is 2.76. The first kappa shape index (κ1) is 25.4. The molecular weight excluding hydrogens is 388 g/mol. The van der Waals surface area contributed by atoms with Crippen LogP contribution in [0.5, 0.6) is 5.75 Å². The molecular formula is C21H34N4O5. The zero-order chi connectivity index (χ0) is 22.7. The molecule has 0 aliphatic heterocycles. The van der Waals surface area contributed by atoms with E-state index < -0.39 is 35.9 Å². The number of aliphatic carboxylic acids is 1. The molecule has 0 aliphatic rings. The van der Waals surface area contributed by atoms with Gasteiger partial charge in [-0.3, -0.25) is 9.59 Å². The molecule has 0 fully saturated rings. The van der Waals surface area contributed by atoms with Gasteiger partial charge in [0.15, 0.2) is 0 Å². The second-order valence-electron chi connectivity index (χ2n) is 7.85. The molecule has 8 N–H and O–H groups in total. The third kappa shape index (κ3) is 9.23. The molecule has 0 spiro atoms. The van der Waals surface area contributed by atoms with Gasteiger partial charge in [-0.15, -0.1) is 0 Å². The lowest BCUT2D eigenvalue weighted by Gasteiger charge is -2.24. The molecule has 1 rings (SSSR count). The first-order valence-corrected chi connectivity index (χ1v) is 10.2. The summed E-state index contributed by atoms with van der Waals surface area (Å²) in [6.07, 6.45) is 2.09. The SMILES string of the molecule is CC(C)C[C@H](NC(=O)[C@@H](N)Cc1ccc(O)cc1)C(=O)N[C@@H](CCCCN)C(=O)O. The lowest BCUT2D eigenvalue weighted by Crippen LogP contribution is -2.55. The number of nitrogens with two attached hydrogens (primary N) is 2. The third-order valence-corrected chi connectivity index (χ3v) is 4.63. The Morgan fingerprint density at radius 3 is 2.13 bits per heavy atom. The molecule has 3 atom stereocenters. The van der Waals surface area contributed by atoms with E-state index in [4.69, 9.17) is 11.5 Å². The van der Waals surface area contributed by atoms with Gasteiger partial charge in [-0.05, 0) is 62.3 Å². The van der Waals surface area contributed by atoms with Crippen molar-refractivity contribution >= 4 is 17.8 Å². The van der Waals surface area contributed by atoms with Crippen LogP contribution in [-0.4, -0.2) is 52.7 Å². The molecule has 0 unspecified atom stereocenters. The highest BCUT2D eigenvalue weighted by atomic mass is 16.4. The summed E-state index contributed by atoms with van der Waals surface area (Å²) < 4.78 is 0. The second-order valence-corrected chi connectivity index (χ2v) is 7.85. The summed E-state index contributed by atoms with van der Waals surface area (Å²) >= 11 is 0. The van der Waals surface area contributed by atoms with Gasteiger partial charge in [0.25, 0.3) is 0 Å². The molecule has 30 heavy (non-hydrogen) atoms. The van der Waals surface area contributed by atoms with Crippen molar-refractivity contribution in [1.82, 2.24) is 10.6 Å².